The Balaban J connectivity index is 2.33. The maximum atomic E-state index is 10.9. The molecule has 4 nitrogen and oxygen atoms in total. The summed E-state index contributed by atoms with van der Waals surface area (Å²) in [7, 11) is 1.59. The van der Waals surface area contributed by atoms with Gasteiger partial charge in [-0.2, -0.15) is 0 Å². The van der Waals surface area contributed by atoms with E-state index in [9.17, 15) is 4.79 Å². The lowest BCUT2D eigenvalue weighted by molar-refractivity contribution is -0.113. The number of primary amides is 1. The zero-order valence-corrected chi connectivity index (χ0v) is 13.7. The van der Waals surface area contributed by atoms with Gasteiger partial charge in [0.05, 0.1) is 7.11 Å². The Morgan fingerprint density at radius 1 is 1.25 bits per heavy atom. The summed E-state index contributed by atoms with van der Waals surface area (Å²) in [5, 5.41) is 0. The van der Waals surface area contributed by atoms with Gasteiger partial charge in [-0.05, 0) is 35.8 Å². The molecule has 4 heteroatoms. The van der Waals surface area contributed by atoms with Crippen molar-refractivity contribution < 1.29 is 14.3 Å². The first-order valence-corrected chi connectivity index (χ1v) is 7.60. The van der Waals surface area contributed by atoms with E-state index < -0.39 is 5.91 Å². The molecule has 1 amide bonds. The number of hydrogen-bond acceptors (Lipinski definition) is 3. The summed E-state index contributed by atoms with van der Waals surface area (Å²) in [6.45, 7) is 4.23. The van der Waals surface area contributed by atoms with Crippen LogP contribution in [0.4, 0.5) is 0 Å². The fourth-order valence-corrected chi connectivity index (χ4v) is 2.31. The van der Waals surface area contributed by atoms with Gasteiger partial charge in [0.25, 0.3) is 0 Å². The Bertz CT molecular complexity index is 736. The van der Waals surface area contributed by atoms with Crippen LogP contribution in [-0.2, 0) is 17.8 Å². The van der Waals surface area contributed by atoms with Gasteiger partial charge in [0.2, 0.25) is 5.91 Å². The topological polar surface area (TPSA) is 61.6 Å². The van der Waals surface area contributed by atoms with Crippen molar-refractivity contribution in [2.45, 2.75) is 13.0 Å². The number of nitrogens with two attached hydrogens (primary N) is 1. The number of hydrogen-bond donors (Lipinski definition) is 1. The smallest absolute Gasteiger partial charge is 0.241 e. The predicted molar refractivity (Wildman–Crippen MR) is 95.9 cm³/mol. The predicted octanol–water partition coefficient (Wildman–Crippen LogP) is 3.50. The molecule has 0 fully saturated rings. The summed E-state index contributed by atoms with van der Waals surface area (Å²) in [4.78, 5) is 10.9. The molecule has 0 aliphatic rings. The standard InChI is InChI=1S/C20H21NO3/c1-3-7-17-12-16(10-11-19(21)22)13-18(23-2)20(17)24-14-15-8-5-4-6-9-15/h3-6,8-13H,1,7,14H2,2H3,(H2,21,22)/b11-10-. The minimum atomic E-state index is -0.497. The average molecular weight is 323 g/mol. The monoisotopic (exact) mass is 323 g/mol. The third kappa shape index (κ3) is 4.74. The Hall–Kier alpha value is -3.01. The molecular formula is C20H21NO3. The third-order valence-corrected chi connectivity index (χ3v) is 3.40. The number of benzene rings is 2. The van der Waals surface area contributed by atoms with E-state index in [1.165, 1.54) is 6.08 Å². The van der Waals surface area contributed by atoms with Gasteiger partial charge in [0.1, 0.15) is 6.61 Å². The summed E-state index contributed by atoms with van der Waals surface area (Å²) in [5.41, 5.74) is 7.97. The molecule has 0 unspecified atom stereocenters. The van der Waals surface area contributed by atoms with E-state index >= 15 is 0 Å². The molecular weight excluding hydrogens is 302 g/mol. The van der Waals surface area contributed by atoms with E-state index in [1.54, 1.807) is 19.3 Å². The third-order valence-electron chi connectivity index (χ3n) is 3.40. The largest absolute Gasteiger partial charge is 0.493 e. The molecule has 2 aromatic rings. The maximum absolute atomic E-state index is 10.9. The normalized spacial score (nSPS) is 10.5. The molecule has 0 saturated heterocycles. The number of ether oxygens (including phenoxy) is 2. The van der Waals surface area contributed by atoms with Gasteiger partial charge in [0, 0.05) is 11.6 Å². The van der Waals surface area contributed by atoms with Crippen LogP contribution < -0.4 is 15.2 Å². The summed E-state index contributed by atoms with van der Waals surface area (Å²) in [5.74, 6) is 0.788. The van der Waals surface area contributed by atoms with Crippen LogP contribution in [0.3, 0.4) is 0 Å². The van der Waals surface area contributed by atoms with Crippen LogP contribution in [0.25, 0.3) is 6.08 Å². The minimum absolute atomic E-state index is 0.442. The highest BCUT2D eigenvalue weighted by atomic mass is 16.5. The molecule has 0 aliphatic heterocycles. The molecule has 0 aliphatic carbocycles. The summed E-state index contributed by atoms with van der Waals surface area (Å²) >= 11 is 0. The van der Waals surface area contributed by atoms with Gasteiger partial charge in [-0.15, -0.1) is 6.58 Å². The van der Waals surface area contributed by atoms with Crippen molar-refractivity contribution in [1.29, 1.82) is 0 Å². The molecule has 124 valence electrons. The lowest BCUT2D eigenvalue weighted by atomic mass is 10.0. The molecule has 2 aromatic carbocycles. The SMILES string of the molecule is C=CCc1cc(/C=C\C(N)=O)cc(OC)c1OCc1ccccc1. The van der Waals surface area contributed by atoms with Gasteiger partial charge in [0.15, 0.2) is 11.5 Å². The van der Waals surface area contributed by atoms with Crippen LogP contribution in [-0.4, -0.2) is 13.0 Å². The number of allylic oxidation sites excluding steroid dienone is 1. The van der Waals surface area contributed by atoms with Crippen molar-refractivity contribution in [1.82, 2.24) is 0 Å². The first-order chi connectivity index (χ1) is 11.6. The molecule has 2 rings (SSSR count). The Morgan fingerprint density at radius 2 is 2.00 bits per heavy atom. The first-order valence-electron chi connectivity index (χ1n) is 7.60. The van der Waals surface area contributed by atoms with Crippen molar-refractivity contribution in [3.63, 3.8) is 0 Å². The van der Waals surface area contributed by atoms with E-state index in [4.69, 9.17) is 15.2 Å². The molecule has 0 aromatic heterocycles. The highest BCUT2D eigenvalue weighted by molar-refractivity contribution is 5.90. The second-order valence-electron chi connectivity index (χ2n) is 5.21. The molecule has 0 radical (unpaired) electrons. The molecule has 0 atom stereocenters. The molecule has 2 N–H and O–H groups in total. The van der Waals surface area contributed by atoms with E-state index in [2.05, 4.69) is 6.58 Å². The van der Waals surface area contributed by atoms with Crippen LogP contribution in [0.5, 0.6) is 11.5 Å². The zero-order chi connectivity index (χ0) is 17.4. The number of amides is 1. The van der Waals surface area contributed by atoms with Gasteiger partial charge in [-0.3, -0.25) is 4.79 Å². The van der Waals surface area contributed by atoms with Crippen LogP contribution >= 0.6 is 0 Å². The van der Waals surface area contributed by atoms with Gasteiger partial charge < -0.3 is 15.2 Å². The summed E-state index contributed by atoms with van der Waals surface area (Å²) in [6.07, 6.45) is 5.39. The second-order valence-corrected chi connectivity index (χ2v) is 5.21. The summed E-state index contributed by atoms with van der Waals surface area (Å²) < 4.78 is 11.4. The molecule has 0 bridgehead atoms. The first kappa shape index (κ1) is 17.3. The highest BCUT2D eigenvalue weighted by Crippen LogP contribution is 2.34. The average Bonchev–Trinajstić information content (AvgIpc) is 2.59. The number of rotatable bonds is 8. The zero-order valence-electron chi connectivity index (χ0n) is 13.7. The van der Waals surface area contributed by atoms with Crippen molar-refractivity contribution in [3.8, 4) is 11.5 Å². The van der Waals surface area contributed by atoms with Gasteiger partial charge in [-0.25, -0.2) is 0 Å². The fraction of sp³-hybridized carbons (Fsp3) is 0.150. The lowest BCUT2D eigenvalue weighted by Crippen LogP contribution is -2.05. The second kappa shape index (κ2) is 8.58. The van der Waals surface area contributed by atoms with E-state index in [0.717, 1.165) is 16.7 Å². The van der Waals surface area contributed by atoms with Crippen LogP contribution in [0.15, 0.2) is 61.2 Å². The lowest BCUT2D eigenvalue weighted by Gasteiger charge is -2.16. The molecule has 0 spiro atoms. The Labute approximate surface area is 142 Å². The number of carbonyl (C=O) groups excluding carboxylic acids is 1. The van der Waals surface area contributed by atoms with Gasteiger partial charge >= 0.3 is 0 Å². The minimum Gasteiger partial charge on any atom is -0.493 e. The number of methoxy groups -OCH3 is 1. The molecule has 0 saturated carbocycles. The Morgan fingerprint density at radius 3 is 2.62 bits per heavy atom. The van der Waals surface area contributed by atoms with E-state index in [1.807, 2.05) is 42.5 Å². The highest BCUT2D eigenvalue weighted by Gasteiger charge is 2.12. The number of carbonyl (C=O) groups is 1. The Kier molecular flexibility index (Phi) is 6.20. The van der Waals surface area contributed by atoms with Crippen molar-refractivity contribution in [2.75, 3.05) is 7.11 Å². The van der Waals surface area contributed by atoms with Crippen molar-refractivity contribution >= 4 is 12.0 Å². The van der Waals surface area contributed by atoms with E-state index in [-0.39, 0.29) is 0 Å². The van der Waals surface area contributed by atoms with Crippen molar-refractivity contribution in [3.05, 3.63) is 77.9 Å². The van der Waals surface area contributed by atoms with Crippen LogP contribution in [0, 0.1) is 0 Å². The van der Waals surface area contributed by atoms with E-state index in [0.29, 0.717) is 24.5 Å². The van der Waals surface area contributed by atoms with Crippen LogP contribution in [0.2, 0.25) is 0 Å². The maximum Gasteiger partial charge on any atom is 0.241 e. The van der Waals surface area contributed by atoms with Gasteiger partial charge in [-0.1, -0.05) is 36.4 Å². The molecule has 24 heavy (non-hydrogen) atoms. The summed E-state index contributed by atoms with van der Waals surface area (Å²) in [6, 6.07) is 13.7. The quantitative estimate of drug-likeness (QED) is 0.597. The van der Waals surface area contributed by atoms with Crippen LogP contribution in [0.1, 0.15) is 16.7 Å². The van der Waals surface area contributed by atoms with Crippen molar-refractivity contribution in [2.24, 2.45) is 5.73 Å². The molecule has 0 heterocycles. The fourth-order valence-electron chi connectivity index (χ4n) is 2.31.